The first-order valence-corrected chi connectivity index (χ1v) is 7.54. The van der Waals surface area contributed by atoms with E-state index < -0.39 is 5.97 Å². The Morgan fingerprint density at radius 1 is 1.19 bits per heavy atom. The lowest BCUT2D eigenvalue weighted by molar-refractivity contribution is -0.131. The van der Waals surface area contributed by atoms with Crippen molar-refractivity contribution in [1.82, 2.24) is 0 Å². The minimum absolute atomic E-state index is 0.124. The lowest BCUT2D eigenvalue weighted by Crippen LogP contribution is -2.20. The van der Waals surface area contributed by atoms with Crippen molar-refractivity contribution in [1.29, 1.82) is 0 Å². The summed E-state index contributed by atoms with van der Waals surface area (Å²) in [5.41, 5.74) is 3.49. The molecule has 120 valence electrons. The van der Waals surface area contributed by atoms with Gasteiger partial charge in [-0.15, -0.1) is 0 Å². The highest BCUT2D eigenvalue weighted by atomic mass is 16.5. The molecule has 0 aliphatic rings. The Morgan fingerprint density at radius 2 is 1.76 bits per heavy atom. The van der Waals surface area contributed by atoms with Crippen LogP contribution in [-0.2, 0) is 9.53 Å². The van der Waals surface area contributed by atoms with Gasteiger partial charge < -0.3 is 9.84 Å². The van der Waals surface area contributed by atoms with E-state index in [2.05, 4.69) is 32.9 Å². The predicted molar refractivity (Wildman–Crippen MR) is 88.4 cm³/mol. The van der Waals surface area contributed by atoms with Crippen LogP contribution in [-0.4, -0.2) is 24.3 Å². The summed E-state index contributed by atoms with van der Waals surface area (Å²) >= 11 is 0. The topological polar surface area (TPSA) is 46.5 Å². The van der Waals surface area contributed by atoms with Gasteiger partial charge in [0.15, 0.2) is 0 Å². The first kappa shape index (κ1) is 19.7. The van der Waals surface area contributed by atoms with E-state index >= 15 is 0 Å². The number of aliphatic carboxylic acids is 1. The first-order valence-electron chi connectivity index (χ1n) is 7.54. The highest BCUT2D eigenvalue weighted by Gasteiger charge is 2.15. The molecule has 2 atom stereocenters. The summed E-state index contributed by atoms with van der Waals surface area (Å²) in [7, 11) is 1.75. The molecule has 0 aliphatic heterocycles. The Kier molecular flexibility index (Phi) is 9.72. The standard InChI is InChI=1S/C18H30O3/c1-7-15(4)18(21-6)16(5)11-13(2)9-8-10-14(3)12-17(19)20/h7,11-12,16,18H,8-10H2,1-6H3,(H,19,20). The molecule has 0 rings (SSSR count). The SMILES string of the molecule is CC=C(C)C(OC)C(C)C=C(C)CCCC(C)=CC(=O)O. The molecular weight excluding hydrogens is 264 g/mol. The zero-order valence-electron chi connectivity index (χ0n) is 14.3. The summed E-state index contributed by atoms with van der Waals surface area (Å²) in [4.78, 5) is 10.5. The summed E-state index contributed by atoms with van der Waals surface area (Å²) in [5, 5.41) is 8.67. The fourth-order valence-electron chi connectivity index (χ4n) is 2.53. The maximum atomic E-state index is 10.5. The van der Waals surface area contributed by atoms with E-state index in [1.165, 1.54) is 17.2 Å². The molecule has 0 heterocycles. The molecule has 1 N–H and O–H groups in total. The number of allylic oxidation sites excluding steroid dienone is 3. The number of carboxylic acid groups (broad SMARTS) is 1. The van der Waals surface area contributed by atoms with E-state index in [0.717, 1.165) is 24.8 Å². The van der Waals surface area contributed by atoms with Gasteiger partial charge >= 0.3 is 5.97 Å². The van der Waals surface area contributed by atoms with E-state index in [0.29, 0.717) is 5.92 Å². The Morgan fingerprint density at radius 3 is 2.24 bits per heavy atom. The van der Waals surface area contributed by atoms with Gasteiger partial charge in [0.05, 0.1) is 6.10 Å². The van der Waals surface area contributed by atoms with Crippen LogP contribution in [0.5, 0.6) is 0 Å². The maximum Gasteiger partial charge on any atom is 0.328 e. The fourth-order valence-corrected chi connectivity index (χ4v) is 2.53. The first-order chi connectivity index (χ1) is 9.81. The van der Waals surface area contributed by atoms with Crippen LogP contribution < -0.4 is 0 Å². The molecule has 0 saturated carbocycles. The van der Waals surface area contributed by atoms with Crippen LogP contribution >= 0.6 is 0 Å². The van der Waals surface area contributed by atoms with Crippen LogP contribution in [0.3, 0.4) is 0 Å². The average molecular weight is 294 g/mol. The number of carbonyl (C=O) groups is 1. The molecule has 0 aromatic rings. The molecule has 0 radical (unpaired) electrons. The van der Waals surface area contributed by atoms with Crippen LogP contribution in [0.4, 0.5) is 0 Å². The van der Waals surface area contributed by atoms with Crippen molar-refractivity contribution >= 4 is 5.97 Å². The highest BCUT2D eigenvalue weighted by molar-refractivity contribution is 5.80. The largest absolute Gasteiger partial charge is 0.478 e. The minimum Gasteiger partial charge on any atom is -0.478 e. The Hall–Kier alpha value is -1.35. The quantitative estimate of drug-likeness (QED) is 0.493. The van der Waals surface area contributed by atoms with E-state index in [1.807, 2.05) is 13.8 Å². The smallest absolute Gasteiger partial charge is 0.328 e. The fraction of sp³-hybridized carbons (Fsp3) is 0.611. The number of carboxylic acids is 1. The summed E-state index contributed by atoms with van der Waals surface area (Å²) in [6.45, 7) is 10.3. The van der Waals surface area contributed by atoms with Crippen molar-refractivity contribution in [2.45, 2.75) is 60.0 Å². The Balaban J connectivity index is 4.44. The average Bonchev–Trinajstić information content (AvgIpc) is 2.38. The summed E-state index contributed by atoms with van der Waals surface area (Å²) in [6, 6.07) is 0. The molecule has 0 aromatic carbocycles. The Labute approximate surface area is 129 Å². The van der Waals surface area contributed by atoms with Crippen molar-refractivity contribution in [3.8, 4) is 0 Å². The molecule has 2 unspecified atom stereocenters. The van der Waals surface area contributed by atoms with Gasteiger partial charge in [-0.2, -0.15) is 0 Å². The molecule has 0 saturated heterocycles. The van der Waals surface area contributed by atoms with E-state index in [4.69, 9.17) is 9.84 Å². The summed E-state index contributed by atoms with van der Waals surface area (Å²) in [5.74, 6) is -0.528. The molecule has 0 bridgehead atoms. The van der Waals surface area contributed by atoms with Gasteiger partial charge in [-0.1, -0.05) is 30.2 Å². The van der Waals surface area contributed by atoms with Gasteiger partial charge in [0.1, 0.15) is 0 Å². The second kappa shape index (κ2) is 10.4. The molecule has 0 aliphatic carbocycles. The second-order valence-corrected chi connectivity index (χ2v) is 5.74. The molecule has 0 aromatic heterocycles. The van der Waals surface area contributed by atoms with Crippen molar-refractivity contribution in [3.63, 3.8) is 0 Å². The number of methoxy groups -OCH3 is 1. The molecule has 3 heteroatoms. The molecule has 3 nitrogen and oxygen atoms in total. The Bertz CT molecular complexity index is 416. The molecule has 21 heavy (non-hydrogen) atoms. The van der Waals surface area contributed by atoms with E-state index in [1.54, 1.807) is 7.11 Å². The van der Waals surface area contributed by atoms with Crippen LogP contribution in [0.25, 0.3) is 0 Å². The highest BCUT2D eigenvalue weighted by Crippen LogP contribution is 2.20. The predicted octanol–water partition coefficient (Wildman–Crippen LogP) is 4.75. The normalized spacial score (nSPS) is 16.8. The number of hydrogen-bond donors (Lipinski definition) is 1. The lowest BCUT2D eigenvalue weighted by Gasteiger charge is -2.21. The third-order valence-electron chi connectivity index (χ3n) is 3.70. The van der Waals surface area contributed by atoms with Crippen LogP contribution in [0.2, 0.25) is 0 Å². The van der Waals surface area contributed by atoms with Crippen molar-refractivity contribution in [3.05, 3.63) is 34.9 Å². The van der Waals surface area contributed by atoms with Crippen LogP contribution in [0, 0.1) is 5.92 Å². The molecular formula is C18H30O3. The van der Waals surface area contributed by atoms with Gasteiger partial charge in [0.25, 0.3) is 0 Å². The van der Waals surface area contributed by atoms with Gasteiger partial charge in [-0.25, -0.2) is 4.79 Å². The maximum absolute atomic E-state index is 10.5. The van der Waals surface area contributed by atoms with Crippen molar-refractivity contribution in [2.24, 2.45) is 5.92 Å². The third-order valence-corrected chi connectivity index (χ3v) is 3.70. The van der Waals surface area contributed by atoms with Gasteiger partial charge in [0, 0.05) is 19.1 Å². The van der Waals surface area contributed by atoms with Crippen LogP contribution in [0.15, 0.2) is 34.9 Å². The number of ether oxygens (including phenoxy) is 1. The number of rotatable bonds is 9. The summed E-state index contributed by atoms with van der Waals surface area (Å²) < 4.78 is 5.56. The van der Waals surface area contributed by atoms with Gasteiger partial charge in [-0.3, -0.25) is 0 Å². The van der Waals surface area contributed by atoms with Gasteiger partial charge in [0.2, 0.25) is 0 Å². The molecule has 0 fully saturated rings. The molecule has 0 amide bonds. The van der Waals surface area contributed by atoms with Crippen molar-refractivity contribution in [2.75, 3.05) is 7.11 Å². The number of hydrogen-bond acceptors (Lipinski definition) is 2. The van der Waals surface area contributed by atoms with Gasteiger partial charge in [-0.05, 0) is 52.5 Å². The monoisotopic (exact) mass is 294 g/mol. The minimum atomic E-state index is -0.863. The van der Waals surface area contributed by atoms with E-state index in [9.17, 15) is 4.79 Å². The van der Waals surface area contributed by atoms with Crippen molar-refractivity contribution < 1.29 is 14.6 Å². The van der Waals surface area contributed by atoms with Crippen LogP contribution in [0.1, 0.15) is 53.9 Å². The third kappa shape index (κ3) is 8.51. The lowest BCUT2D eigenvalue weighted by atomic mass is 9.94. The summed E-state index contributed by atoms with van der Waals surface area (Å²) in [6.07, 6.45) is 8.56. The molecule has 0 spiro atoms. The zero-order chi connectivity index (χ0) is 16.4. The van der Waals surface area contributed by atoms with E-state index in [-0.39, 0.29) is 6.10 Å². The zero-order valence-corrected chi connectivity index (χ0v) is 14.3. The second-order valence-electron chi connectivity index (χ2n) is 5.74.